The quantitative estimate of drug-likeness (QED) is 0.704. The molecule has 0 aliphatic carbocycles. The fourth-order valence-electron chi connectivity index (χ4n) is 2.61. The van der Waals surface area contributed by atoms with Crippen molar-refractivity contribution in [1.29, 1.82) is 0 Å². The van der Waals surface area contributed by atoms with Crippen LogP contribution < -0.4 is 5.32 Å². The van der Waals surface area contributed by atoms with Crippen molar-refractivity contribution in [2.24, 2.45) is 0 Å². The van der Waals surface area contributed by atoms with Gasteiger partial charge in [-0.2, -0.15) is 0 Å². The molecule has 2 aromatic rings. The summed E-state index contributed by atoms with van der Waals surface area (Å²) in [6, 6.07) is 12.8. The molecule has 21 heavy (non-hydrogen) atoms. The minimum absolute atomic E-state index is 0.119. The molecule has 0 saturated carbocycles. The van der Waals surface area contributed by atoms with E-state index in [0.717, 1.165) is 28.0 Å². The summed E-state index contributed by atoms with van der Waals surface area (Å²) in [4.78, 5) is 0. The van der Waals surface area contributed by atoms with Gasteiger partial charge in [-0.3, -0.25) is 0 Å². The van der Waals surface area contributed by atoms with E-state index in [-0.39, 0.29) is 6.04 Å². The minimum atomic E-state index is 0.119. The minimum Gasteiger partial charge on any atom is -0.306 e. The number of nitrogens with one attached hydrogen (secondary N) is 1. The van der Waals surface area contributed by atoms with E-state index < -0.39 is 0 Å². The first kappa shape index (κ1) is 16.5. The van der Waals surface area contributed by atoms with Crippen LogP contribution in [0.15, 0.2) is 40.9 Å². The molecule has 0 aliphatic heterocycles. The molecular formula is C18H21BrClN. The predicted octanol–water partition coefficient (Wildman–Crippen LogP) is 5.81. The topological polar surface area (TPSA) is 12.0 Å². The van der Waals surface area contributed by atoms with Crippen molar-refractivity contribution in [3.05, 3.63) is 68.1 Å². The largest absolute Gasteiger partial charge is 0.306 e. The van der Waals surface area contributed by atoms with E-state index in [4.69, 9.17) is 11.6 Å². The average Bonchev–Trinajstić information content (AvgIpc) is 2.42. The van der Waals surface area contributed by atoms with Gasteiger partial charge in [0.2, 0.25) is 0 Å². The zero-order valence-electron chi connectivity index (χ0n) is 12.7. The molecule has 2 rings (SSSR count). The van der Waals surface area contributed by atoms with Crippen LogP contribution in [0.25, 0.3) is 0 Å². The Labute approximate surface area is 140 Å². The number of aryl methyl sites for hydroxylation is 2. The Morgan fingerprint density at radius 1 is 1.10 bits per heavy atom. The molecule has 0 saturated heterocycles. The van der Waals surface area contributed by atoms with Gasteiger partial charge in [-0.05, 0) is 56.1 Å². The number of benzene rings is 2. The SMILES string of the molecule is CCCNC(c1cc(C)cc(C)c1)c1cc(Br)ccc1Cl. The third kappa shape index (κ3) is 4.32. The molecule has 0 amide bonds. The lowest BCUT2D eigenvalue weighted by Crippen LogP contribution is -2.23. The maximum absolute atomic E-state index is 6.44. The third-order valence-corrected chi connectivity index (χ3v) is 4.28. The van der Waals surface area contributed by atoms with Crippen molar-refractivity contribution in [2.45, 2.75) is 33.2 Å². The van der Waals surface area contributed by atoms with Crippen LogP contribution in [0.2, 0.25) is 5.02 Å². The molecule has 1 atom stereocenters. The van der Waals surface area contributed by atoms with Crippen LogP contribution in [0.3, 0.4) is 0 Å². The van der Waals surface area contributed by atoms with Gasteiger partial charge >= 0.3 is 0 Å². The van der Waals surface area contributed by atoms with Gasteiger partial charge in [0, 0.05) is 9.50 Å². The lowest BCUT2D eigenvalue weighted by Gasteiger charge is -2.22. The van der Waals surface area contributed by atoms with Crippen LogP contribution >= 0.6 is 27.5 Å². The van der Waals surface area contributed by atoms with E-state index in [1.54, 1.807) is 0 Å². The highest BCUT2D eigenvalue weighted by molar-refractivity contribution is 9.10. The molecule has 0 bridgehead atoms. The fourth-order valence-corrected chi connectivity index (χ4v) is 3.21. The summed E-state index contributed by atoms with van der Waals surface area (Å²) < 4.78 is 1.05. The summed E-state index contributed by atoms with van der Waals surface area (Å²) in [5, 5.41) is 4.42. The van der Waals surface area contributed by atoms with E-state index in [0.29, 0.717) is 0 Å². The molecule has 1 unspecified atom stereocenters. The Morgan fingerprint density at radius 3 is 2.38 bits per heavy atom. The summed E-state index contributed by atoms with van der Waals surface area (Å²) in [5.41, 5.74) is 4.93. The van der Waals surface area contributed by atoms with Crippen molar-refractivity contribution in [3.8, 4) is 0 Å². The first-order valence-electron chi connectivity index (χ1n) is 7.27. The van der Waals surface area contributed by atoms with Crippen LogP contribution in [-0.2, 0) is 0 Å². The maximum Gasteiger partial charge on any atom is 0.0592 e. The summed E-state index contributed by atoms with van der Waals surface area (Å²) in [7, 11) is 0. The first-order valence-corrected chi connectivity index (χ1v) is 8.45. The van der Waals surface area contributed by atoms with Gasteiger partial charge in [0.1, 0.15) is 0 Å². The standard InChI is InChI=1S/C18H21BrClN/c1-4-7-21-18(14-9-12(2)8-13(3)10-14)16-11-15(19)5-6-17(16)20/h5-6,8-11,18,21H,4,7H2,1-3H3. The van der Waals surface area contributed by atoms with E-state index in [9.17, 15) is 0 Å². The smallest absolute Gasteiger partial charge is 0.0592 e. The fraction of sp³-hybridized carbons (Fsp3) is 0.333. The normalized spacial score (nSPS) is 12.4. The molecule has 0 aromatic heterocycles. The van der Waals surface area contributed by atoms with Crippen molar-refractivity contribution in [2.75, 3.05) is 6.54 Å². The number of halogens is 2. The van der Waals surface area contributed by atoms with Gasteiger partial charge in [-0.1, -0.05) is 63.8 Å². The molecule has 0 heterocycles. The Balaban J connectivity index is 2.49. The van der Waals surface area contributed by atoms with Crippen molar-refractivity contribution < 1.29 is 0 Å². The van der Waals surface area contributed by atoms with Gasteiger partial charge in [0.15, 0.2) is 0 Å². The van der Waals surface area contributed by atoms with Crippen molar-refractivity contribution in [1.82, 2.24) is 5.32 Å². The zero-order valence-corrected chi connectivity index (χ0v) is 15.1. The lowest BCUT2D eigenvalue weighted by atomic mass is 9.95. The second-order valence-electron chi connectivity index (χ2n) is 5.47. The van der Waals surface area contributed by atoms with Crippen LogP contribution in [0, 0.1) is 13.8 Å². The van der Waals surface area contributed by atoms with Crippen molar-refractivity contribution >= 4 is 27.5 Å². The number of hydrogen-bond acceptors (Lipinski definition) is 1. The molecule has 3 heteroatoms. The molecule has 112 valence electrons. The Morgan fingerprint density at radius 2 is 1.76 bits per heavy atom. The molecule has 1 nitrogen and oxygen atoms in total. The molecule has 0 fully saturated rings. The van der Waals surface area contributed by atoms with Gasteiger partial charge < -0.3 is 5.32 Å². The molecule has 0 spiro atoms. The predicted molar refractivity (Wildman–Crippen MR) is 95.2 cm³/mol. The van der Waals surface area contributed by atoms with Crippen LogP contribution in [-0.4, -0.2) is 6.54 Å². The highest BCUT2D eigenvalue weighted by Crippen LogP contribution is 2.31. The summed E-state index contributed by atoms with van der Waals surface area (Å²) in [5.74, 6) is 0. The molecule has 0 radical (unpaired) electrons. The highest BCUT2D eigenvalue weighted by atomic mass is 79.9. The second kappa shape index (κ2) is 7.44. The lowest BCUT2D eigenvalue weighted by molar-refractivity contribution is 0.598. The van der Waals surface area contributed by atoms with Gasteiger partial charge in [0.25, 0.3) is 0 Å². The molecule has 0 aliphatic rings. The average molecular weight is 367 g/mol. The Bertz CT molecular complexity index is 604. The van der Waals surface area contributed by atoms with Crippen molar-refractivity contribution in [3.63, 3.8) is 0 Å². The van der Waals surface area contributed by atoms with E-state index in [2.05, 4.69) is 66.3 Å². The Hall–Kier alpha value is -0.830. The number of hydrogen-bond donors (Lipinski definition) is 1. The van der Waals surface area contributed by atoms with Crippen LogP contribution in [0.5, 0.6) is 0 Å². The summed E-state index contributed by atoms with van der Waals surface area (Å²) >= 11 is 9.99. The van der Waals surface area contributed by atoms with E-state index >= 15 is 0 Å². The molecule has 1 N–H and O–H groups in total. The van der Waals surface area contributed by atoms with Gasteiger partial charge in [-0.25, -0.2) is 0 Å². The summed E-state index contributed by atoms with van der Waals surface area (Å²) in [6.45, 7) is 7.40. The van der Waals surface area contributed by atoms with E-state index in [1.165, 1.54) is 16.7 Å². The molecular weight excluding hydrogens is 346 g/mol. The monoisotopic (exact) mass is 365 g/mol. The Kier molecular flexibility index (Phi) is 5.86. The number of rotatable bonds is 5. The zero-order chi connectivity index (χ0) is 15.4. The van der Waals surface area contributed by atoms with Crippen LogP contribution in [0.1, 0.15) is 41.6 Å². The second-order valence-corrected chi connectivity index (χ2v) is 6.80. The van der Waals surface area contributed by atoms with Gasteiger partial charge in [-0.15, -0.1) is 0 Å². The maximum atomic E-state index is 6.44. The highest BCUT2D eigenvalue weighted by Gasteiger charge is 2.17. The molecule has 2 aromatic carbocycles. The van der Waals surface area contributed by atoms with E-state index in [1.807, 2.05) is 12.1 Å². The third-order valence-electron chi connectivity index (χ3n) is 3.44. The summed E-state index contributed by atoms with van der Waals surface area (Å²) in [6.07, 6.45) is 1.09. The first-order chi connectivity index (χ1) is 10.0. The van der Waals surface area contributed by atoms with Crippen LogP contribution in [0.4, 0.5) is 0 Å². The van der Waals surface area contributed by atoms with Gasteiger partial charge in [0.05, 0.1) is 6.04 Å².